The van der Waals surface area contributed by atoms with Gasteiger partial charge in [-0.3, -0.25) is 4.98 Å². The fraction of sp³-hybridized carbons (Fsp3) is 0.400. The van der Waals surface area contributed by atoms with Gasteiger partial charge in [0.15, 0.2) is 0 Å². The molecule has 0 aromatic carbocycles. The van der Waals surface area contributed by atoms with Crippen molar-refractivity contribution in [2.45, 2.75) is 12.5 Å². The molecule has 0 aliphatic carbocycles. The van der Waals surface area contributed by atoms with E-state index in [1.165, 1.54) is 0 Å². The van der Waals surface area contributed by atoms with Gasteiger partial charge in [0.05, 0.1) is 12.5 Å². The molecule has 1 heterocycles. The fourth-order valence-electron chi connectivity index (χ4n) is 1.26. The first-order valence-electron chi connectivity index (χ1n) is 4.19. The highest BCUT2D eigenvalue weighted by Crippen LogP contribution is 2.19. The maximum Gasteiger partial charge on any atom is 0.0641 e. The van der Waals surface area contributed by atoms with E-state index in [0.717, 1.165) is 5.56 Å². The molecule has 0 amide bonds. The van der Waals surface area contributed by atoms with Crippen LogP contribution in [0.5, 0.6) is 0 Å². The molecule has 1 rings (SSSR count). The molecule has 0 bridgehead atoms. The second-order valence-electron chi connectivity index (χ2n) is 3.13. The molecule has 1 atom stereocenters. The van der Waals surface area contributed by atoms with E-state index in [1.807, 2.05) is 37.3 Å². The number of nitrogens with zero attached hydrogens (tertiary/aromatic N) is 3. The van der Waals surface area contributed by atoms with Crippen LogP contribution in [0.4, 0.5) is 0 Å². The summed E-state index contributed by atoms with van der Waals surface area (Å²) in [5.41, 5.74) is 1.09. The lowest BCUT2D eigenvalue weighted by Gasteiger charge is -2.21. The number of hydrogen-bond acceptors (Lipinski definition) is 3. The Morgan fingerprint density at radius 1 is 1.62 bits per heavy atom. The minimum atomic E-state index is 0.152. The third kappa shape index (κ3) is 2.53. The third-order valence-corrected chi connectivity index (χ3v) is 1.98. The highest BCUT2D eigenvalue weighted by atomic mass is 15.1. The zero-order valence-electron chi connectivity index (χ0n) is 7.94. The minimum absolute atomic E-state index is 0.152. The third-order valence-electron chi connectivity index (χ3n) is 1.98. The zero-order chi connectivity index (χ0) is 9.68. The van der Waals surface area contributed by atoms with Crippen LogP contribution in [0.2, 0.25) is 0 Å². The van der Waals surface area contributed by atoms with Crippen LogP contribution < -0.4 is 0 Å². The average Bonchev–Trinajstić information content (AvgIpc) is 2.15. The maximum atomic E-state index is 8.65. The first kappa shape index (κ1) is 9.69. The molecule has 1 aromatic heterocycles. The molecule has 3 heteroatoms. The lowest BCUT2D eigenvalue weighted by atomic mass is 10.1. The van der Waals surface area contributed by atoms with Crippen LogP contribution in [-0.4, -0.2) is 24.0 Å². The Kier molecular flexibility index (Phi) is 3.41. The maximum absolute atomic E-state index is 8.65. The predicted molar refractivity (Wildman–Crippen MR) is 50.9 cm³/mol. The van der Waals surface area contributed by atoms with Crippen LogP contribution in [0, 0.1) is 11.3 Å². The summed E-state index contributed by atoms with van der Waals surface area (Å²) in [6, 6.07) is 6.22. The number of nitriles is 1. The molecule has 0 spiro atoms. The number of pyridine rings is 1. The van der Waals surface area contributed by atoms with Crippen molar-refractivity contribution in [3.8, 4) is 6.07 Å². The van der Waals surface area contributed by atoms with E-state index >= 15 is 0 Å². The smallest absolute Gasteiger partial charge is 0.0641 e. The lowest BCUT2D eigenvalue weighted by molar-refractivity contribution is 0.303. The quantitative estimate of drug-likeness (QED) is 0.700. The molecule has 0 N–H and O–H groups in total. The summed E-state index contributed by atoms with van der Waals surface area (Å²) >= 11 is 0. The zero-order valence-corrected chi connectivity index (χ0v) is 7.94. The van der Waals surface area contributed by atoms with Gasteiger partial charge in [-0.1, -0.05) is 6.07 Å². The second-order valence-corrected chi connectivity index (χ2v) is 3.13. The molecule has 0 aliphatic heterocycles. The van der Waals surface area contributed by atoms with Gasteiger partial charge in [0, 0.05) is 18.4 Å². The van der Waals surface area contributed by atoms with Gasteiger partial charge in [0.1, 0.15) is 0 Å². The first-order chi connectivity index (χ1) is 6.25. The monoisotopic (exact) mass is 175 g/mol. The summed E-state index contributed by atoms with van der Waals surface area (Å²) in [4.78, 5) is 6.06. The Bertz CT molecular complexity index is 287. The van der Waals surface area contributed by atoms with Crippen molar-refractivity contribution >= 4 is 0 Å². The van der Waals surface area contributed by atoms with Crippen LogP contribution >= 0.6 is 0 Å². The average molecular weight is 175 g/mol. The molecule has 0 fully saturated rings. The van der Waals surface area contributed by atoms with Crippen molar-refractivity contribution < 1.29 is 0 Å². The molecule has 68 valence electrons. The molecular weight excluding hydrogens is 162 g/mol. The number of rotatable bonds is 3. The van der Waals surface area contributed by atoms with Gasteiger partial charge in [0.2, 0.25) is 0 Å². The predicted octanol–water partition coefficient (Wildman–Crippen LogP) is 1.60. The van der Waals surface area contributed by atoms with E-state index in [0.29, 0.717) is 6.42 Å². The van der Waals surface area contributed by atoms with Crippen LogP contribution in [0.3, 0.4) is 0 Å². The molecule has 1 unspecified atom stereocenters. The summed E-state index contributed by atoms with van der Waals surface area (Å²) in [6.07, 6.45) is 4.04. The molecule has 13 heavy (non-hydrogen) atoms. The molecule has 0 saturated heterocycles. The summed E-state index contributed by atoms with van der Waals surface area (Å²) in [6.45, 7) is 0. The van der Waals surface area contributed by atoms with Crippen molar-refractivity contribution in [3.63, 3.8) is 0 Å². The van der Waals surface area contributed by atoms with Crippen molar-refractivity contribution in [2.75, 3.05) is 14.1 Å². The largest absolute Gasteiger partial charge is 0.301 e. The van der Waals surface area contributed by atoms with Gasteiger partial charge in [-0.15, -0.1) is 0 Å². The van der Waals surface area contributed by atoms with Crippen LogP contribution in [0.15, 0.2) is 24.5 Å². The molecular formula is C10H13N3. The molecule has 0 aliphatic rings. The van der Waals surface area contributed by atoms with Gasteiger partial charge >= 0.3 is 0 Å². The first-order valence-corrected chi connectivity index (χ1v) is 4.19. The molecule has 0 radical (unpaired) electrons. The van der Waals surface area contributed by atoms with Crippen molar-refractivity contribution in [3.05, 3.63) is 30.1 Å². The highest BCUT2D eigenvalue weighted by Gasteiger charge is 2.12. The van der Waals surface area contributed by atoms with Gasteiger partial charge in [-0.05, 0) is 25.7 Å². The number of aromatic nitrogens is 1. The Labute approximate surface area is 78.6 Å². The summed E-state index contributed by atoms with van der Waals surface area (Å²) < 4.78 is 0. The van der Waals surface area contributed by atoms with E-state index in [-0.39, 0.29) is 6.04 Å². The minimum Gasteiger partial charge on any atom is -0.301 e. The molecule has 1 aromatic rings. The summed E-state index contributed by atoms with van der Waals surface area (Å²) in [5, 5.41) is 8.65. The van der Waals surface area contributed by atoms with Gasteiger partial charge < -0.3 is 4.90 Å². The molecule has 0 saturated carbocycles. The fourth-order valence-corrected chi connectivity index (χ4v) is 1.26. The van der Waals surface area contributed by atoms with E-state index < -0.39 is 0 Å². The van der Waals surface area contributed by atoms with E-state index in [4.69, 9.17) is 5.26 Å². The van der Waals surface area contributed by atoms with Crippen molar-refractivity contribution in [2.24, 2.45) is 0 Å². The Hall–Kier alpha value is -1.40. The van der Waals surface area contributed by atoms with Gasteiger partial charge in [0.25, 0.3) is 0 Å². The Balaban J connectivity index is 2.84. The van der Waals surface area contributed by atoms with Gasteiger partial charge in [-0.2, -0.15) is 5.26 Å². The van der Waals surface area contributed by atoms with Crippen LogP contribution in [-0.2, 0) is 0 Å². The topological polar surface area (TPSA) is 39.9 Å². The second kappa shape index (κ2) is 4.58. The van der Waals surface area contributed by atoms with Crippen LogP contribution in [0.1, 0.15) is 18.0 Å². The van der Waals surface area contributed by atoms with Crippen LogP contribution in [0.25, 0.3) is 0 Å². The van der Waals surface area contributed by atoms with E-state index in [9.17, 15) is 0 Å². The van der Waals surface area contributed by atoms with E-state index in [2.05, 4.69) is 11.1 Å². The van der Waals surface area contributed by atoms with Crippen molar-refractivity contribution in [1.82, 2.24) is 9.88 Å². The Morgan fingerprint density at radius 2 is 2.38 bits per heavy atom. The van der Waals surface area contributed by atoms with Gasteiger partial charge in [-0.25, -0.2) is 0 Å². The number of hydrogen-bond donors (Lipinski definition) is 0. The summed E-state index contributed by atoms with van der Waals surface area (Å²) in [5.74, 6) is 0. The Morgan fingerprint density at radius 3 is 2.85 bits per heavy atom. The van der Waals surface area contributed by atoms with E-state index in [1.54, 1.807) is 6.20 Å². The standard InChI is InChI=1S/C10H13N3/c1-13(2)10(5-6-11)9-4-3-7-12-8-9/h3-4,7-8,10H,5H2,1-2H3. The summed E-state index contributed by atoms with van der Waals surface area (Å²) in [7, 11) is 3.93. The SMILES string of the molecule is CN(C)C(CC#N)c1cccnc1. The normalized spacial score (nSPS) is 12.5. The van der Waals surface area contributed by atoms with Crippen molar-refractivity contribution in [1.29, 1.82) is 5.26 Å². The highest BCUT2D eigenvalue weighted by molar-refractivity contribution is 5.15. The lowest BCUT2D eigenvalue weighted by Crippen LogP contribution is -2.19. The molecule has 3 nitrogen and oxygen atoms in total.